The third-order valence-corrected chi connectivity index (χ3v) is 4.41. The predicted octanol–water partition coefficient (Wildman–Crippen LogP) is 3.84. The highest BCUT2D eigenvalue weighted by molar-refractivity contribution is 5.77. The van der Waals surface area contributed by atoms with Crippen LogP contribution in [-0.4, -0.2) is 0 Å². The SMILES string of the molecule is CCC1c2ccccc2C12c1ccccc12. The minimum atomic E-state index is 0.328. The molecule has 0 nitrogen and oxygen atoms in total. The Kier molecular flexibility index (Phi) is 1.38. The van der Waals surface area contributed by atoms with E-state index >= 15 is 0 Å². The Morgan fingerprint density at radius 3 is 2.06 bits per heavy atom. The minimum absolute atomic E-state index is 0.328. The van der Waals surface area contributed by atoms with E-state index in [1.807, 2.05) is 0 Å². The Bertz CT molecular complexity index is 557. The zero-order valence-electron chi connectivity index (χ0n) is 9.40. The third kappa shape index (κ3) is 0.694. The van der Waals surface area contributed by atoms with Gasteiger partial charge in [0.2, 0.25) is 0 Å². The van der Waals surface area contributed by atoms with Gasteiger partial charge in [0.1, 0.15) is 0 Å². The summed E-state index contributed by atoms with van der Waals surface area (Å²) in [5.74, 6) is 0.723. The molecule has 0 bridgehead atoms. The fraction of sp³-hybridized carbons (Fsp3) is 0.250. The van der Waals surface area contributed by atoms with E-state index in [0.29, 0.717) is 5.41 Å². The van der Waals surface area contributed by atoms with E-state index in [0.717, 1.165) is 5.92 Å². The lowest BCUT2D eigenvalue weighted by atomic mass is 9.61. The van der Waals surface area contributed by atoms with Crippen molar-refractivity contribution in [3.8, 4) is 0 Å². The molecule has 2 aliphatic rings. The first kappa shape index (κ1) is 8.58. The van der Waals surface area contributed by atoms with Crippen LogP contribution in [0, 0.1) is 0 Å². The molecular weight excluding hydrogens is 192 g/mol. The molecule has 2 aromatic rings. The molecule has 1 unspecified atom stereocenters. The Hall–Kier alpha value is -1.56. The van der Waals surface area contributed by atoms with Gasteiger partial charge in [0.05, 0.1) is 5.41 Å². The van der Waals surface area contributed by atoms with Crippen LogP contribution in [0.1, 0.15) is 41.5 Å². The molecule has 0 amide bonds. The molecule has 0 aromatic heterocycles. The van der Waals surface area contributed by atoms with Gasteiger partial charge in [0, 0.05) is 5.92 Å². The van der Waals surface area contributed by atoms with Crippen molar-refractivity contribution >= 4 is 0 Å². The summed E-state index contributed by atoms with van der Waals surface area (Å²) in [5, 5.41) is 0. The molecular formula is C16H14. The Balaban J connectivity index is 1.96. The van der Waals surface area contributed by atoms with Crippen LogP contribution in [0.3, 0.4) is 0 Å². The van der Waals surface area contributed by atoms with Gasteiger partial charge in [-0.15, -0.1) is 0 Å². The van der Waals surface area contributed by atoms with Gasteiger partial charge in [-0.1, -0.05) is 55.5 Å². The Morgan fingerprint density at radius 1 is 0.875 bits per heavy atom. The number of rotatable bonds is 1. The molecule has 0 N–H and O–H groups in total. The first-order chi connectivity index (χ1) is 7.90. The summed E-state index contributed by atoms with van der Waals surface area (Å²) >= 11 is 0. The normalized spacial score (nSPS) is 22.2. The highest BCUT2D eigenvalue weighted by atomic mass is 14.6. The van der Waals surface area contributed by atoms with Crippen LogP contribution in [0.2, 0.25) is 0 Å². The van der Waals surface area contributed by atoms with Crippen LogP contribution in [0.25, 0.3) is 0 Å². The van der Waals surface area contributed by atoms with Gasteiger partial charge in [0.25, 0.3) is 0 Å². The first-order valence-electron chi connectivity index (χ1n) is 6.10. The number of benzene rings is 2. The molecule has 0 heteroatoms. The lowest BCUT2D eigenvalue weighted by Gasteiger charge is -2.41. The second-order valence-electron chi connectivity index (χ2n) is 4.90. The average molecular weight is 206 g/mol. The van der Waals surface area contributed by atoms with Crippen LogP contribution < -0.4 is 0 Å². The fourth-order valence-electron chi connectivity index (χ4n) is 3.78. The van der Waals surface area contributed by atoms with Crippen molar-refractivity contribution in [2.45, 2.75) is 24.7 Å². The van der Waals surface area contributed by atoms with Crippen LogP contribution in [0.15, 0.2) is 48.5 Å². The highest BCUT2D eigenvalue weighted by Crippen LogP contribution is 2.70. The molecule has 1 spiro atoms. The van der Waals surface area contributed by atoms with E-state index < -0.39 is 0 Å². The standard InChI is InChI=1S/C16H14/c1-2-12-11-7-3-4-8-13(11)16(12)14-9-5-6-10-15(14)16/h3-10,12H,2H2,1H3. The number of fused-ring (bicyclic) bond motifs is 5. The van der Waals surface area contributed by atoms with Gasteiger partial charge >= 0.3 is 0 Å². The molecule has 2 aromatic carbocycles. The molecule has 16 heavy (non-hydrogen) atoms. The molecule has 2 aliphatic carbocycles. The minimum Gasteiger partial charge on any atom is -0.0647 e. The summed E-state index contributed by atoms with van der Waals surface area (Å²) < 4.78 is 0. The molecule has 78 valence electrons. The van der Waals surface area contributed by atoms with Crippen molar-refractivity contribution in [1.29, 1.82) is 0 Å². The molecule has 0 radical (unpaired) electrons. The zero-order valence-corrected chi connectivity index (χ0v) is 9.40. The smallest absolute Gasteiger partial charge is 0.0528 e. The summed E-state index contributed by atoms with van der Waals surface area (Å²) in [6.45, 7) is 2.31. The Morgan fingerprint density at radius 2 is 1.44 bits per heavy atom. The van der Waals surface area contributed by atoms with E-state index in [2.05, 4.69) is 55.5 Å². The summed E-state index contributed by atoms with van der Waals surface area (Å²) in [6.07, 6.45) is 1.24. The fourth-order valence-corrected chi connectivity index (χ4v) is 3.78. The van der Waals surface area contributed by atoms with Gasteiger partial charge in [0.15, 0.2) is 0 Å². The number of hydrogen-bond donors (Lipinski definition) is 0. The van der Waals surface area contributed by atoms with Gasteiger partial charge in [-0.2, -0.15) is 0 Å². The Labute approximate surface area is 95.9 Å². The summed E-state index contributed by atoms with van der Waals surface area (Å²) in [4.78, 5) is 0. The quantitative estimate of drug-likeness (QED) is 0.665. The third-order valence-electron chi connectivity index (χ3n) is 4.41. The largest absolute Gasteiger partial charge is 0.0647 e. The van der Waals surface area contributed by atoms with Crippen molar-refractivity contribution < 1.29 is 0 Å². The second-order valence-corrected chi connectivity index (χ2v) is 4.90. The first-order valence-corrected chi connectivity index (χ1v) is 6.10. The van der Waals surface area contributed by atoms with E-state index in [1.54, 1.807) is 22.3 Å². The molecule has 0 fully saturated rings. The summed E-state index contributed by atoms with van der Waals surface area (Å²) in [6, 6.07) is 17.9. The molecule has 0 saturated carbocycles. The predicted molar refractivity (Wildman–Crippen MR) is 65.8 cm³/mol. The van der Waals surface area contributed by atoms with Gasteiger partial charge in [-0.3, -0.25) is 0 Å². The summed E-state index contributed by atoms with van der Waals surface area (Å²) in [7, 11) is 0. The van der Waals surface area contributed by atoms with Gasteiger partial charge in [-0.25, -0.2) is 0 Å². The van der Waals surface area contributed by atoms with Gasteiger partial charge in [-0.05, 0) is 28.7 Å². The van der Waals surface area contributed by atoms with E-state index in [1.165, 1.54) is 6.42 Å². The monoisotopic (exact) mass is 206 g/mol. The lowest BCUT2D eigenvalue weighted by molar-refractivity contribution is 0.469. The van der Waals surface area contributed by atoms with E-state index in [4.69, 9.17) is 0 Å². The van der Waals surface area contributed by atoms with Gasteiger partial charge < -0.3 is 0 Å². The van der Waals surface area contributed by atoms with Crippen molar-refractivity contribution in [3.63, 3.8) is 0 Å². The maximum Gasteiger partial charge on any atom is 0.0528 e. The van der Waals surface area contributed by atoms with Crippen LogP contribution in [0.5, 0.6) is 0 Å². The molecule has 1 atom stereocenters. The van der Waals surface area contributed by atoms with E-state index in [-0.39, 0.29) is 0 Å². The summed E-state index contributed by atoms with van der Waals surface area (Å²) in [5.41, 5.74) is 6.60. The average Bonchev–Trinajstić information content (AvgIpc) is 3.01. The molecule has 0 heterocycles. The maximum atomic E-state index is 2.31. The second kappa shape index (κ2) is 2.57. The lowest BCUT2D eigenvalue weighted by Crippen LogP contribution is -2.33. The zero-order chi connectivity index (χ0) is 10.8. The van der Waals surface area contributed by atoms with Crippen LogP contribution in [-0.2, 0) is 5.41 Å². The molecule has 0 aliphatic heterocycles. The highest BCUT2D eigenvalue weighted by Gasteiger charge is 2.63. The molecule has 4 rings (SSSR count). The van der Waals surface area contributed by atoms with Crippen LogP contribution >= 0.6 is 0 Å². The van der Waals surface area contributed by atoms with E-state index in [9.17, 15) is 0 Å². The van der Waals surface area contributed by atoms with Crippen molar-refractivity contribution in [2.24, 2.45) is 0 Å². The van der Waals surface area contributed by atoms with Crippen molar-refractivity contribution in [3.05, 3.63) is 70.8 Å². The maximum absolute atomic E-state index is 2.31. The van der Waals surface area contributed by atoms with Crippen molar-refractivity contribution in [1.82, 2.24) is 0 Å². The number of hydrogen-bond acceptors (Lipinski definition) is 0. The van der Waals surface area contributed by atoms with Crippen LogP contribution in [0.4, 0.5) is 0 Å². The molecule has 0 saturated heterocycles. The van der Waals surface area contributed by atoms with Crippen molar-refractivity contribution in [2.75, 3.05) is 0 Å². The topological polar surface area (TPSA) is 0 Å².